The molecular formula is C32H30N6O4+2. The van der Waals surface area contributed by atoms with Crippen LogP contribution in [0.15, 0.2) is 61.2 Å². The van der Waals surface area contributed by atoms with E-state index in [1.807, 2.05) is 40.3 Å². The first-order valence-electron chi connectivity index (χ1n) is 14.3. The molecule has 10 heteroatoms. The monoisotopic (exact) mass is 562 g/mol. The van der Waals surface area contributed by atoms with Crippen molar-refractivity contribution in [1.29, 1.82) is 0 Å². The Morgan fingerprint density at radius 3 is 1.17 bits per heavy atom. The first kappa shape index (κ1) is 25.8. The number of carbonyl (C=O) groups excluding carboxylic acids is 4. The van der Waals surface area contributed by atoms with Crippen LogP contribution in [0.2, 0.25) is 0 Å². The van der Waals surface area contributed by atoms with Crippen LogP contribution in [-0.4, -0.2) is 32.8 Å². The van der Waals surface area contributed by atoms with Gasteiger partial charge >= 0.3 is 0 Å². The summed E-state index contributed by atoms with van der Waals surface area (Å²) in [6.07, 6.45) is 3.99. The average molecular weight is 563 g/mol. The van der Waals surface area contributed by atoms with E-state index in [1.165, 1.54) is 0 Å². The van der Waals surface area contributed by atoms with E-state index >= 15 is 0 Å². The molecule has 0 saturated heterocycles. The Hall–Kier alpha value is -5.12. The third-order valence-corrected chi connectivity index (χ3v) is 8.49. The van der Waals surface area contributed by atoms with Crippen LogP contribution in [0.4, 0.5) is 11.4 Å². The minimum Gasteiger partial charge on any atom is -0.268 e. The number of imidazole rings is 2. The van der Waals surface area contributed by atoms with E-state index in [-0.39, 0.29) is 0 Å². The Labute approximate surface area is 241 Å². The standard InChI is InChI=1S/C32H30N6O4/c1-5-33-17-34(6-2)26-14-22-21(13-25(26)33)29(39)37(30(22)40)19-9-11-20(12-10-19)38-31(41)23-15-27-28(16-24(23)32(38)42)36(8-4)18-35(27)7-3/h9-18H,5-8H2,1-4H3/q+2. The predicted octanol–water partition coefficient (Wildman–Crippen LogP) is 3.85. The highest BCUT2D eigenvalue weighted by atomic mass is 16.2. The van der Waals surface area contributed by atoms with Gasteiger partial charge in [0.25, 0.3) is 23.6 Å². The lowest BCUT2D eigenvalue weighted by molar-refractivity contribution is -0.668. The fourth-order valence-corrected chi connectivity index (χ4v) is 6.26. The van der Waals surface area contributed by atoms with Crippen LogP contribution in [-0.2, 0) is 26.2 Å². The molecule has 2 aliphatic rings. The van der Waals surface area contributed by atoms with E-state index in [2.05, 4.69) is 18.3 Å². The third kappa shape index (κ3) is 3.38. The van der Waals surface area contributed by atoms with Gasteiger partial charge in [-0.25, -0.2) is 28.1 Å². The van der Waals surface area contributed by atoms with Crippen molar-refractivity contribution < 1.29 is 28.3 Å². The number of anilines is 2. The van der Waals surface area contributed by atoms with Crippen molar-refractivity contribution in [2.24, 2.45) is 0 Å². The Morgan fingerprint density at radius 2 is 0.857 bits per heavy atom. The average Bonchev–Trinajstić information content (AvgIpc) is 3.70. The topological polar surface area (TPSA) is 92.4 Å². The van der Waals surface area contributed by atoms with Crippen LogP contribution in [0.5, 0.6) is 0 Å². The minimum atomic E-state index is -0.399. The van der Waals surface area contributed by atoms with Gasteiger partial charge in [0, 0.05) is 24.3 Å². The van der Waals surface area contributed by atoms with Crippen LogP contribution >= 0.6 is 0 Å². The number of imide groups is 2. The molecule has 0 atom stereocenters. The highest BCUT2D eigenvalue weighted by Gasteiger charge is 2.41. The van der Waals surface area contributed by atoms with Crippen LogP contribution in [0.3, 0.4) is 0 Å². The smallest absolute Gasteiger partial charge is 0.266 e. The van der Waals surface area contributed by atoms with Gasteiger partial charge in [-0.1, -0.05) is 0 Å². The molecule has 10 nitrogen and oxygen atoms in total. The second-order valence-corrected chi connectivity index (χ2v) is 10.6. The molecule has 0 fully saturated rings. The number of hydrogen-bond acceptors (Lipinski definition) is 4. The summed E-state index contributed by atoms with van der Waals surface area (Å²) in [5.74, 6) is -1.59. The molecule has 5 aromatic rings. The fraction of sp³-hybridized carbons (Fsp3) is 0.250. The van der Waals surface area contributed by atoms with Crippen LogP contribution in [0.1, 0.15) is 69.1 Å². The lowest BCUT2D eigenvalue weighted by atomic mass is 10.1. The van der Waals surface area contributed by atoms with Gasteiger partial charge in [-0.05, 0) is 52.0 Å². The van der Waals surface area contributed by atoms with E-state index in [9.17, 15) is 19.2 Å². The van der Waals surface area contributed by atoms with Gasteiger partial charge in [0.05, 0.1) is 59.8 Å². The summed E-state index contributed by atoms with van der Waals surface area (Å²) < 4.78 is 8.23. The van der Waals surface area contributed by atoms with Crippen molar-refractivity contribution >= 4 is 57.1 Å². The van der Waals surface area contributed by atoms with E-state index in [4.69, 9.17) is 0 Å². The zero-order chi connectivity index (χ0) is 29.4. The molecule has 2 aliphatic heterocycles. The molecular weight excluding hydrogens is 532 g/mol. The van der Waals surface area contributed by atoms with Crippen molar-refractivity contribution in [3.63, 3.8) is 0 Å². The van der Waals surface area contributed by atoms with E-state index in [0.29, 0.717) is 33.6 Å². The SMILES string of the molecule is CCn1c[n+](CC)c2cc3c(cc21)C(=O)N(c1ccc(N2C(=O)c4cc5c(cc4C2=O)[n+](CC)cn5CC)cc1)C3=O. The van der Waals surface area contributed by atoms with E-state index in [1.54, 1.807) is 48.5 Å². The van der Waals surface area contributed by atoms with Gasteiger partial charge in [0.2, 0.25) is 12.7 Å². The summed E-state index contributed by atoms with van der Waals surface area (Å²) >= 11 is 0. The van der Waals surface area contributed by atoms with Crippen molar-refractivity contribution in [2.75, 3.05) is 9.80 Å². The second-order valence-electron chi connectivity index (χ2n) is 10.6. The zero-order valence-corrected chi connectivity index (χ0v) is 23.9. The summed E-state index contributed by atoms with van der Waals surface area (Å²) in [7, 11) is 0. The molecule has 0 unspecified atom stereocenters. The van der Waals surface area contributed by atoms with E-state index < -0.39 is 23.6 Å². The van der Waals surface area contributed by atoms with Gasteiger partial charge in [-0.15, -0.1) is 0 Å². The zero-order valence-electron chi connectivity index (χ0n) is 23.9. The van der Waals surface area contributed by atoms with Crippen LogP contribution < -0.4 is 18.9 Å². The number of aromatic nitrogens is 4. The molecule has 210 valence electrons. The van der Waals surface area contributed by atoms with Gasteiger partial charge < -0.3 is 0 Å². The highest BCUT2D eigenvalue weighted by molar-refractivity contribution is 6.36. The molecule has 4 amide bonds. The molecule has 42 heavy (non-hydrogen) atoms. The molecule has 0 N–H and O–H groups in total. The lowest BCUT2D eigenvalue weighted by Crippen LogP contribution is -2.31. The maximum absolute atomic E-state index is 13.5. The molecule has 0 saturated carbocycles. The molecule has 0 aliphatic carbocycles. The van der Waals surface area contributed by atoms with Crippen molar-refractivity contribution in [3.05, 3.63) is 83.4 Å². The first-order chi connectivity index (χ1) is 20.3. The van der Waals surface area contributed by atoms with Gasteiger partial charge in [-0.3, -0.25) is 19.2 Å². The number of aryl methyl sites for hydroxylation is 4. The molecule has 0 radical (unpaired) electrons. The maximum Gasteiger partial charge on any atom is 0.266 e. The van der Waals surface area contributed by atoms with Gasteiger partial charge in [-0.2, -0.15) is 0 Å². The minimum absolute atomic E-state index is 0.362. The Morgan fingerprint density at radius 1 is 0.524 bits per heavy atom. The Balaban J connectivity index is 1.22. The summed E-state index contributed by atoms with van der Waals surface area (Å²) in [6, 6.07) is 13.6. The fourth-order valence-electron chi connectivity index (χ4n) is 6.26. The molecule has 0 spiro atoms. The number of hydrogen-bond donors (Lipinski definition) is 0. The maximum atomic E-state index is 13.5. The molecule has 2 aromatic heterocycles. The van der Waals surface area contributed by atoms with Crippen molar-refractivity contribution in [3.8, 4) is 0 Å². The number of benzene rings is 3. The number of fused-ring (bicyclic) bond motifs is 4. The Kier molecular flexibility index (Phi) is 5.66. The number of carbonyl (C=O) groups is 4. The van der Waals surface area contributed by atoms with Crippen molar-refractivity contribution in [1.82, 2.24) is 9.13 Å². The van der Waals surface area contributed by atoms with Gasteiger partial charge in [0.1, 0.15) is 0 Å². The normalized spacial score (nSPS) is 14.7. The number of amides is 4. The molecule has 4 heterocycles. The molecule has 0 bridgehead atoms. The summed E-state index contributed by atoms with van der Waals surface area (Å²) in [5.41, 5.74) is 5.79. The molecule has 7 rings (SSSR count). The number of rotatable bonds is 6. The van der Waals surface area contributed by atoms with Crippen molar-refractivity contribution in [2.45, 2.75) is 53.9 Å². The largest absolute Gasteiger partial charge is 0.268 e. The lowest BCUT2D eigenvalue weighted by Gasteiger charge is -2.17. The predicted molar refractivity (Wildman–Crippen MR) is 156 cm³/mol. The summed E-state index contributed by atoms with van der Waals surface area (Å²) in [5, 5.41) is 0. The molecule has 3 aromatic carbocycles. The summed E-state index contributed by atoms with van der Waals surface area (Å²) in [4.78, 5) is 56.2. The summed E-state index contributed by atoms with van der Waals surface area (Å²) in [6.45, 7) is 11.1. The van der Waals surface area contributed by atoms with Gasteiger partial charge in [0.15, 0.2) is 22.1 Å². The quantitative estimate of drug-likeness (QED) is 0.232. The van der Waals surface area contributed by atoms with Crippen LogP contribution in [0, 0.1) is 0 Å². The second kappa shape index (κ2) is 9.20. The highest BCUT2D eigenvalue weighted by Crippen LogP contribution is 2.35. The van der Waals surface area contributed by atoms with E-state index in [0.717, 1.165) is 58.0 Å². The van der Waals surface area contributed by atoms with Crippen LogP contribution in [0.25, 0.3) is 22.1 Å². The first-order valence-corrected chi connectivity index (χ1v) is 14.3. The number of nitrogens with zero attached hydrogens (tertiary/aromatic N) is 6. The third-order valence-electron chi connectivity index (χ3n) is 8.49. The Bertz CT molecular complexity index is 1760.